The molecule has 1 rings (SSSR count). The highest BCUT2D eigenvalue weighted by molar-refractivity contribution is 5.20. The summed E-state index contributed by atoms with van der Waals surface area (Å²) in [7, 11) is 1.71. The van der Waals surface area contributed by atoms with Gasteiger partial charge in [0.15, 0.2) is 0 Å². The van der Waals surface area contributed by atoms with Crippen LogP contribution in [0.25, 0.3) is 0 Å². The van der Waals surface area contributed by atoms with Crippen molar-refractivity contribution < 1.29 is 9.13 Å². The highest BCUT2D eigenvalue weighted by Crippen LogP contribution is 2.19. The third kappa shape index (κ3) is 5.29. The van der Waals surface area contributed by atoms with Gasteiger partial charge >= 0.3 is 0 Å². The molecule has 0 aliphatic heterocycles. The van der Waals surface area contributed by atoms with Crippen LogP contribution in [0.5, 0.6) is 0 Å². The van der Waals surface area contributed by atoms with E-state index in [1.54, 1.807) is 7.11 Å². The monoisotopic (exact) mass is 239 g/mol. The van der Waals surface area contributed by atoms with E-state index in [4.69, 9.17) is 4.74 Å². The van der Waals surface area contributed by atoms with Crippen LogP contribution >= 0.6 is 0 Å². The topological polar surface area (TPSA) is 21.3 Å². The molecule has 1 N–H and O–H groups in total. The molecule has 0 amide bonds. The van der Waals surface area contributed by atoms with Gasteiger partial charge in [-0.15, -0.1) is 0 Å². The summed E-state index contributed by atoms with van der Waals surface area (Å²) < 4.78 is 18.0. The van der Waals surface area contributed by atoms with Crippen LogP contribution in [0.2, 0.25) is 0 Å². The van der Waals surface area contributed by atoms with Crippen LogP contribution < -0.4 is 5.32 Å². The van der Waals surface area contributed by atoms with Gasteiger partial charge in [-0.05, 0) is 30.0 Å². The maximum Gasteiger partial charge on any atom is 0.123 e. The van der Waals surface area contributed by atoms with E-state index in [9.17, 15) is 4.39 Å². The van der Waals surface area contributed by atoms with E-state index in [2.05, 4.69) is 19.2 Å². The fraction of sp³-hybridized carbons (Fsp3) is 0.571. The highest BCUT2D eigenvalue weighted by atomic mass is 19.1. The number of nitrogens with one attached hydrogen (secondary N) is 1. The first kappa shape index (κ1) is 14.1. The number of ether oxygens (including phenoxy) is 1. The number of methoxy groups -OCH3 is 1. The number of hydrogen-bond donors (Lipinski definition) is 1. The van der Waals surface area contributed by atoms with E-state index in [-0.39, 0.29) is 5.82 Å². The van der Waals surface area contributed by atoms with Crippen molar-refractivity contribution in [3.8, 4) is 0 Å². The third-order valence-electron chi connectivity index (χ3n) is 2.78. The maximum atomic E-state index is 12.9. The molecule has 0 aliphatic rings. The molecule has 0 aromatic heterocycles. The Morgan fingerprint density at radius 3 is 2.41 bits per heavy atom. The summed E-state index contributed by atoms with van der Waals surface area (Å²) in [6.45, 7) is 5.87. The number of benzene rings is 1. The summed E-state index contributed by atoms with van der Waals surface area (Å²) in [5, 5.41) is 3.42. The van der Waals surface area contributed by atoms with Gasteiger partial charge in [0, 0.05) is 26.3 Å². The normalized spacial score (nSPS) is 13.0. The SMILES string of the molecule is COCCC(CNC(C)C)c1ccc(F)cc1. The zero-order valence-corrected chi connectivity index (χ0v) is 10.9. The fourth-order valence-electron chi connectivity index (χ4n) is 1.76. The van der Waals surface area contributed by atoms with Crippen molar-refractivity contribution in [2.45, 2.75) is 32.2 Å². The second kappa shape index (κ2) is 7.41. The molecule has 1 aromatic rings. The van der Waals surface area contributed by atoms with Gasteiger partial charge in [0.2, 0.25) is 0 Å². The average molecular weight is 239 g/mol. The molecule has 0 bridgehead atoms. The standard InChI is InChI=1S/C14H22FNO/c1-11(2)16-10-13(8-9-17-3)12-4-6-14(15)7-5-12/h4-7,11,13,16H,8-10H2,1-3H3. The molecule has 1 unspecified atom stereocenters. The Labute approximate surface area is 103 Å². The minimum absolute atomic E-state index is 0.184. The Morgan fingerprint density at radius 1 is 1.24 bits per heavy atom. The molecule has 0 spiro atoms. The summed E-state index contributed by atoms with van der Waals surface area (Å²) in [6.07, 6.45) is 0.946. The zero-order chi connectivity index (χ0) is 12.7. The van der Waals surface area contributed by atoms with Crippen LogP contribution in [0.1, 0.15) is 31.7 Å². The van der Waals surface area contributed by atoms with Crippen molar-refractivity contribution in [2.24, 2.45) is 0 Å². The molecule has 0 heterocycles. The van der Waals surface area contributed by atoms with Crippen LogP contribution in [-0.2, 0) is 4.74 Å². The van der Waals surface area contributed by atoms with Crippen LogP contribution in [0.15, 0.2) is 24.3 Å². The number of rotatable bonds is 7. The largest absolute Gasteiger partial charge is 0.385 e. The molecule has 0 fully saturated rings. The lowest BCUT2D eigenvalue weighted by atomic mass is 9.95. The Morgan fingerprint density at radius 2 is 1.88 bits per heavy atom. The third-order valence-corrected chi connectivity index (χ3v) is 2.78. The molecule has 0 saturated heterocycles. The quantitative estimate of drug-likeness (QED) is 0.790. The molecule has 96 valence electrons. The second-order valence-corrected chi connectivity index (χ2v) is 4.59. The number of halogens is 1. The zero-order valence-electron chi connectivity index (χ0n) is 10.9. The van der Waals surface area contributed by atoms with Crippen molar-refractivity contribution in [1.82, 2.24) is 5.32 Å². The van der Waals surface area contributed by atoms with Crippen LogP contribution in [0.4, 0.5) is 4.39 Å². The van der Waals surface area contributed by atoms with E-state index in [0.29, 0.717) is 12.0 Å². The van der Waals surface area contributed by atoms with Gasteiger partial charge in [-0.3, -0.25) is 0 Å². The van der Waals surface area contributed by atoms with Gasteiger partial charge in [-0.1, -0.05) is 26.0 Å². The van der Waals surface area contributed by atoms with E-state index in [0.717, 1.165) is 25.1 Å². The van der Waals surface area contributed by atoms with Gasteiger partial charge in [0.25, 0.3) is 0 Å². The van der Waals surface area contributed by atoms with Crippen LogP contribution in [-0.4, -0.2) is 26.3 Å². The molecule has 1 aromatic carbocycles. The minimum Gasteiger partial charge on any atom is -0.385 e. The molecular weight excluding hydrogens is 217 g/mol. The minimum atomic E-state index is -0.184. The maximum absolute atomic E-state index is 12.9. The molecule has 3 heteroatoms. The summed E-state index contributed by atoms with van der Waals surface area (Å²) in [6, 6.07) is 7.21. The molecule has 0 radical (unpaired) electrons. The lowest BCUT2D eigenvalue weighted by molar-refractivity contribution is 0.186. The summed E-state index contributed by atoms with van der Waals surface area (Å²) in [5.41, 5.74) is 1.16. The average Bonchev–Trinajstić information content (AvgIpc) is 2.30. The van der Waals surface area contributed by atoms with E-state index >= 15 is 0 Å². The predicted molar refractivity (Wildman–Crippen MR) is 68.8 cm³/mol. The lowest BCUT2D eigenvalue weighted by Gasteiger charge is -2.19. The number of hydrogen-bond acceptors (Lipinski definition) is 2. The first-order valence-electron chi connectivity index (χ1n) is 6.11. The second-order valence-electron chi connectivity index (χ2n) is 4.59. The van der Waals surface area contributed by atoms with E-state index < -0.39 is 0 Å². The van der Waals surface area contributed by atoms with Gasteiger partial charge < -0.3 is 10.1 Å². The van der Waals surface area contributed by atoms with Crippen LogP contribution in [0, 0.1) is 5.82 Å². The Bertz CT molecular complexity index is 311. The smallest absolute Gasteiger partial charge is 0.123 e. The van der Waals surface area contributed by atoms with E-state index in [1.807, 2.05) is 12.1 Å². The summed E-state index contributed by atoms with van der Waals surface area (Å²) in [4.78, 5) is 0. The molecule has 17 heavy (non-hydrogen) atoms. The lowest BCUT2D eigenvalue weighted by Crippen LogP contribution is -2.28. The molecule has 0 aliphatic carbocycles. The van der Waals surface area contributed by atoms with E-state index in [1.165, 1.54) is 12.1 Å². The van der Waals surface area contributed by atoms with Crippen molar-refractivity contribution in [3.05, 3.63) is 35.6 Å². The Kier molecular flexibility index (Phi) is 6.16. The predicted octanol–water partition coefficient (Wildman–Crippen LogP) is 2.94. The van der Waals surface area contributed by atoms with Crippen LogP contribution in [0.3, 0.4) is 0 Å². The van der Waals surface area contributed by atoms with Gasteiger partial charge in [-0.2, -0.15) is 0 Å². The molecule has 0 saturated carbocycles. The Hall–Kier alpha value is -0.930. The first-order chi connectivity index (χ1) is 8.13. The van der Waals surface area contributed by atoms with Crippen molar-refractivity contribution >= 4 is 0 Å². The highest BCUT2D eigenvalue weighted by Gasteiger charge is 2.11. The van der Waals surface area contributed by atoms with Crippen molar-refractivity contribution in [2.75, 3.05) is 20.3 Å². The molecule has 2 nitrogen and oxygen atoms in total. The summed E-state index contributed by atoms with van der Waals surface area (Å²) in [5.74, 6) is 0.189. The molecular formula is C14H22FNO. The fourth-order valence-corrected chi connectivity index (χ4v) is 1.76. The first-order valence-corrected chi connectivity index (χ1v) is 6.11. The van der Waals surface area contributed by atoms with Crippen molar-refractivity contribution in [3.63, 3.8) is 0 Å². The van der Waals surface area contributed by atoms with Gasteiger partial charge in [0.1, 0.15) is 5.82 Å². The van der Waals surface area contributed by atoms with Gasteiger partial charge in [-0.25, -0.2) is 4.39 Å². The summed E-state index contributed by atoms with van der Waals surface area (Å²) >= 11 is 0. The molecule has 1 atom stereocenters. The van der Waals surface area contributed by atoms with Gasteiger partial charge in [0.05, 0.1) is 0 Å². The Balaban J connectivity index is 2.63. The van der Waals surface area contributed by atoms with Crippen molar-refractivity contribution in [1.29, 1.82) is 0 Å².